The topological polar surface area (TPSA) is 110 Å². The molecule has 0 saturated carbocycles. The molecule has 232 valence electrons. The van der Waals surface area contributed by atoms with Crippen LogP contribution in [0.25, 0.3) is 11.1 Å². The summed E-state index contributed by atoms with van der Waals surface area (Å²) in [5.74, 6) is -3.44. The van der Waals surface area contributed by atoms with Crippen molar-refractivity contribution in [3.05, 3.63) is 81.0 Å². The standard InChI is InChI=1S/C27H22ClF7N2O6/c1-41-23-12-37(24(39)11-18(23)17-10-15(28)3-5-22(17)42-13-26(30,31)32)20(6-7-43-27(33,34)35)21(38)9-14-2-4-16(25(36)40)19(29)8-14/h2-5,8,10-12,20H,6-7,9,13H2,1H3,(H2,36,40). The lowest BCUT2D eigenvalue weighted by atomic mass is 9.99. The van der Waals surface area contributed by atoms with E-state index in [1.54, 1.807) is 0 Å². The van der Waals surface area contributed by atoms with Gasteiger partial charge in [0.25, 0.3) is 11.5 Å². The highest BCUT2D eigenvalue weighted by Gasteiger charge is 2.32. The van der Waals surface area contributed by atoms with Gasteiger partial charge in [0.15, 0.2) is 12.4 Å². The van der Waals surface area contributed by atoms with Crippen LogP contribution in [-0.4, -0.2) is 49.1 Å². The van der Waals surface area contributed by atoms with Gasteiger partial charge in [0.1, 0.15) is 17.3 Å². The fourth-order valence-electron chi connectivity index (χ4n) is 4.07. The van der Waals surface area contributed by atoms with Gasteiger partial charge in [-0.15, -0.1) is 13.2 Å². The van der Waals surface area contributed by atoms with E-state index in [9.17, 15) is 45.1 Å². The molecular weight excluding hydrogens is 617 g/mol. The van der Waals surface area contributed by atoms with Crippen molar-refractivity contribution in [2.24, 2.45) is 5.73 Å². The van der Waals surface area contributed by atoms with Crippen LogP contribution in [0.15, 0.2) is 53.5 Å². The van der Waals surface area contributed by atoms with Crippen molar-refractivity contribution in [2.45, 2.75) is 31.4 Å². The van der Waals surface area contributed by atoms with Gasteiger partial charge in [-0.05, 0) is 42.3 Å². The van der Waals surface area contributed by atoms with Crippen molar-refractivity contribution < 1.29 is 54.5 Å². The van der Waals surface area contributed by atoms with E-state index in [1.165, 1.54) is 18.2 Å². The molecule has 2 N–H and O–H groups in total. The number of aromatic nitrogens is 1. The zero-order valence-corrected chi connectivity index (χ0v) is 22.8. The maximum Gasteiger partial charge on any atom is 0.522 e. The third-order valence-corrected chi connectivity index (χ3v) is 6.16. The molecule has 0 fully saturated rings. The van der Waals surface area contributed by atoms with E-state index in [0.717, 1.165) is 42.1 Å². The molecule has 0 aliphatic rings. The normalized spacial score (nSPS) is 12.6. The van der Waals surface area contributed by atoms with E-state index < -0.39 is 73.3 Å². The molecule has 3 rings (SSSR count). The zero-order valence-electron chi connectivity index (χ0n) is 22.0. The molecule has 0 saturated heterocycles. The minimum absolute atomic E-state index is 0.0243. The monoisotopic (exact) mass is 638 g/mol. The fourth-order valence-corrected chi connectivity index (χ4v) is 4.24. The average Bonchev–Trinajstić information content (AvgIpc) is 2.89. The Balaban J connectivity index is 2.06. The zero-order chi connectivity index (χ0) is 32.1. The van der Waals surface area contributed by atoms with E-state index in [-0.39, 0.29) is 33.2 Å². The van der Waals surface area contributed by atoms with Crippen LogP contribution in [0, 0.1) is 5.82 Å². The Morgan fingerprint density at radius 3 is 2.26 bits per heavy atom. The summed E-state index contributed by atoms with van der Waals surface area (Å²) in [6.07, 6.45) is -10.0. The number of nitrogens with two attached hydrogens (primary N) is 1. The van der Waals surface area contributed by atoms with Crippen LogP contribution >= 0.6 is 11.6 Å². The first-order valence-electron chi connectivity index (χ1n) is 12.1. The van der Waals surface area contributed by atoms with Crippen molar-refractivity contribution in [1.29, 1.82) is 0 Å². The summed E-state index contributed by atoms with van der Waals surface area (Å²) in [7, 11) is 1.14. The number of hydrogen-bond donors (Lipinski definition) is 1. The van der Waals surface area contributed by atoms with Crippen LogP contribution in [0.2, 0.25) is 5.02 Å². The van der Waals surface area contributed by atoms with E-state index in [4.69, 9.17) is 26.8 Å². The first-order chi connectivity index (χ1) is 20.0. The van der Waals surface area contributed by atoms with Crippen molar-refractivity contribution >= 4 is 23.3 Å². The number of amides is 1. The smallest absolute Gasteiger partial charge is 0.495 e. The summed E-state index contributed by atoms with van der Waals surface area (Å²) in [5, 5.41) is 0.0625. The minimum Gasteiger partial charge on any atom is -0.495 e. The second-order valence-corrected chi connectivity index (χ2v) is 9.40. The number of nitrogens with zero attached hydrogens (tertiary/aromatic N) is 1. The number of ether oxygens (including phenoxy) is 3. The van der Waals surface area contributed by atoms with Gasteiger partial charge >= 0.3 is 12.5 Å². The van der Waals surface area contributed by atoms with E-state index in [2.05, 4.69) is 4.74 Å². The molecular formula is C27H22ClF7N2O6. The van der Waals surface area contributed by atoms with Crippen LogP contribution in [0.4, 0.5) is 30.7 Å². The Kier molecular flexibility index (Phi) is 10.5. The van der Waals surface area contributed by atoms with Gasteiger partial charge in [-0.3, -0.25) is 19.1 Å². The number of carbonyl (C=O) groups is 2. The summed E-state index contributed by atoms with van der Waals surface area (Å²) in [6.45, 7) is -2.72. The number of rotatable bonds is 12. The summed E-state index contributed by atoms with van der Waals surface area (Å²) in [5.41, 5.74) is 3.50. The number of benzene rings is 2. The molecule has 1 unspecified atom stereocenters. The predicted molar refractivity (Wildman–Crippen MR) is 139 cm³/mol. The number of ketones is 1. The van der Waals surface area contributed by atoms with Crippen LogP contribution in [0.3, 0.4) is 0 Å². The average molecular weight is 639 g/mol. The van der Waals surface area contributed by atoms with Gasteiger partial charge in [-0.1, -0.05) is 17.7 Å². The van der Waals surface area contributed by atoms with Crippen LogP contribution in [0.5, 0.6) is 11.5 Å². The summed E-state index contributed by atoms with van der Waals surface area (Å²) >= 11 is 6.02. The molecule has 1 aromatic heterocycles. The van der Waals surface area contributed by atoms with Crippen molar-refractivity contribution in [3.63, 3.8) is 0 Å². The van der Waals surface area contributed by atoms with Crippen LogP contribution in [0.1, 0.15) is 28.4 Å². The van der Waals surface area contributed by atoms with Crippen LogP contribution in [-0.2, 0) is 16.0 Å². The third kappa shape index (κ3) is 9.19. The summed E-state index contributed by atoms with van der Waals surface area (Å²) in [4.78, 5) is 37.8. The van der Waals surface area contributed by atoms with Crippen LogP contribution < -0.4 is 20.8 Å². The number of primary amides is 1. The summed E-state index contributed by atoms with van der Waals surface area (Å²) in [6, 6.07) is 5.95. The lowest BCUT2D eigenvalue weighted by Gasteiger charge is -2.22. The number of hydrogen-bond acceptors (Lipinski definition) is 6. The fraction of sp³-hybridized carbons (Fsp3) is 0.296. The number of Topliss-reactive ketones (excluding diaryl/α,β-unsaturated/α-hetero) is 1. The number of methoxy groups -OCH3 is 1. The number of alkyl halides is 6. The molecule has 8 nitrogen and oxygen atoms in total. The number of halogens is 8. The maximum atomic E-state index is 14.2. The third-order valence-electron chi connectivity index (χ3n) is 5.93. The molecule has 0 spiro atoms. The SMILES string of the molecule is COc1cn(C(CCOC(F)(F)F)C(=O)Cc2ccc(C(N)=O)c(F)c2)c(=O)cc1-c1cc(Cl)ccc1OCC(F)(F)F. The second kappa shape index (κ2) is 13.5. The number of pyridine rings is 1. The Bertz CT molecular complexity index is 1560. The largest absolute Gasteiger partial charge is 0.522 e. The van der Waals surface area contributed by atoms with Gasteiger partial charge in [0.2, 0.25) is 0 Å². The molecule has 1 amide bonds. The van der Waals surface area contributed by atoms with Gasteiger partial charge in [-0.2, -0.15) is 13.2 Å². The van der Waals surface area contributed by atoms with Gasteiger partial charge in [0.05, 0.1) is 31.5 Å². The molecule has 0 bridgehead atoms. The van der Waals surface area contributed by atoms with Gasteiger partial charge in [0, 0.05) is 28.6 Å². The Morgan fingerprint density at radius 1 is 1.00 bits per heavy atom. The molecule has 0 aliphatic carbocycles. The predicted octanol–water partition coefficient (Wildman–Crippen LogP) is 5.64. The highest BCUT2D eigenvalue weighted by molar-refractivity contribution is 6.31. The Hall–Kier alpha value is -4.11. The maximum absolute atomic E-state index is 14.2. The Labute approximate surface area is 243 Å². The number of carbonyl (C=O) groups excluding carboxylic acids is 2. The van der Waals surface area contributed by atoms with E-state index >= 15 is 0 Å². The quantitative estimate of drug-likeness (QED) is 0.257. The lowest BCUT2D eigenvalue weighted by molar-refractivity contribution is -0.325. The van der Waals surface area contributed by atoms with Gasteiger partial charge < -0.3 is 19.8 Å². The van der Waals surface area contributed by atoms with E-state index in [0.29, 0.717) is 0 Å². The minimum atomic E-state index is -5.05. The molecule has 43 heavy (non-hydrogen) atoms. The van der Waals surface area contributed by atoms with Crippen molar-refractivity contribution in [2.75, 3.05) is 20.3 Å². The Morgan fingerprint density at radius 2 is 1.67 bits per heavy atom. The molecule has 2 aromatic carbocycles. The molecule has 3 aromatic rings. The first kappa shape index (κ1) is 33.4. The molecule has 0 radical (unpaired) electrons. The van der Waals surface area contributed by atoms with Gasteiger partial charge in [-0.25, -0.2) is 4.39 Å². The molecule has 1 atom stereocenters. The van der Waals surface area contributed by atoms with E-state index in [1.807, 2.05) is 0 Å². The highest BCUT2D eigenvalue weighted by Crippen LogP contribution is 2.38. The summed E-state index contributed by atoms with van der Waals surface area (Å²) < 4.78 is 105. The van der Waals surface area contributed by atoms with Crippen molar-refractivity contribution in [3.8, 4) is 22.6 Å². The molecule has 0 aliphatic heterocycles. The second-order valence-electron chi connectivity index (χ2n) is 8.97. The molecule has 1 heterocycles. The first-order valence-corrected chi connectivity index (χ1v) is 12.5. The molecule has 16 heteroatoms. The highest BCUT2D eigenvalue weighted by atomic mass is 35.5. The van der Waals surface area contributed by atoms with Crippen molar-refractivity contribution in [1.82, 2.24) is 4.57 Å². The lowest BCUT2D eigenvalue weighted by Crippen LogP contribution is -2.32.